The molecule has 0 saturated heterocycles. The van der Waals surface area contributed by atoms with Crippen LogP contribution in [-0.2, 0) is 5.41 Å². The quantitative estimate of drug-likeness (QED) is 0.842. The van der Waals surface area contributed by atoms with Crippen molar-refractivity contribution >= 4 is 0 Å². The first-order valence-corrected chi connectivity index (χ1v) is 6.38. The minimum absolute atomic E-state index is 0.121. The van der Waals surface area contributed by atoms with Crippen molar-refractivity contribution in [1.29, 1.82) is 0 Å². The Morgan fingerprint density at radius 1 is 1.29 bits per heavy atom. The van der Waals surface area contributed by atoms with E-state index in [1.54, 1.807) is 6.07 Å². The summed E-state index contributed by atoms with van der Waals surface area (Å²) in [6.45, 7) is 8.64. The maximum absolute atomic E-state index is 13.2. The molecule has 94 valence electrons. The Balaban J connectivity index is 1.96. The molecule has 1 fully saturated rings. The van der Waals surface area contributed by atoms with Gasteiger partial charge in [-0.05, 0) is 36.0 Å². The number of halogens is 1. The molecule has 0 atom stereocenters. The molecule has 0 bridgehead atoms. The van der Waals surface area contributed by atoms with Crippen LogP contribution in [0.5, 0.6) is 0 Å². The minimum Gasteiger partial charge on any atom is -0.315 e. The molecule has 0 radical (unpaired) electrons. The van der Waals surface area contributed by atoms with E-state index < -0.39 is 0 Å². The third kappa shape index (κ3) is 3.29. The van der Waals surface area contributed by atoms with E-state index in [0.29, 0.717) is 5.41 Å². The lowest BCUT2D eigenvalue weighted by atomic mass is 9.93. The molecule has 1 aliphatic carbocycles. The molecule has 1 nitrogen and oxygen atoms in total. The van der Waals surface area contributed by atoms with Gasteiger partial charge in [-0.2, -0.15) is 0 Å². The Morgan fingerprint density at radius 3 is 2.53 bits per heavy atom. The Morgan fingerprint density at radius 2 is 2.00 bits per heavy atom. The van der Waals surface area contributed by atoms with Gasteiger partial charge in [-0.1, -0.05) is 32.9 Å². The summed E-state index contributed by atoms with van der Waals surface area (Å²) in [7, 11) is 0. The molecule has 17 heavy (non-hydrogen) atoms. The fraction of sp³-hybridized carbons (Fsp3) is 0.600. The minimum atomic E-state index is -0.121. The summed E-state index contributed by atoms with van der Waals surface area (Å²) in [6, 6.07) is 7.07. The number of nitrogens with one attached hydrogen (secondary N) is 1. The van der Waals surface area contributed by atoms with E-state index >= 15 is 0 Å². The summed E-state index contributed by atoms with van der Waals surface area (Å²) in [4.78, 5) is 0. The summed E-state index contributed by atoms with van der Waals surface area (Å²) in [5, 5.41) is 3.52. The Bertz CT molecular complexity index is 388. The average molecular weight is 235 g/mol. The van der Waals surface area contributed by atoms with Gasteiger partial charge in [-0.3, -0.25) is 0 Å². The molecular formula is C15H22FN. The summed E-state index contributed by atoms with van der Waals surface area (Å²) >= 11 is 0. The maximum atomic E-state index is 13.2. The van der Waals surface area contributed by atoms with Crippen LogP contribution in [-0.4, -0.2) is 13.1 Å². The van der Waals surface area contributed by atoms with Gasteiger partial charge in [0, 0.05) is 18.5 Å². The van der Waals surface area contributed by atoms with Crippen LogP contribution < -0.4 is 5.32 Å². The van der Waals surface area contributed by atoms with Gasteiger partial charge in [0.2, 0.25) is 0 Å². The van der Waals surface area contributed by atoms with Gasteiger partial charge < -0.3 is 5.32 Å². The number of rotatable bonds is 4. The summed E-state index contributed by atoms with van der Waals surface area (Å²) in [5.41, 5.74) is 1.66. The van der Waals surface area contributed by atoms with Crippen molar-refractivity contribution in [3.63, 3.8) is 0 Å². The molecule has 0 amide bonds. The molecule has 0 heterocycles. The van der Waals surface area contributed by atoms with Crippen LogP contribution in [0.25, 0.3) is 0 Å². The molecule has 1 saturated carbocycles. The molecule has 0 unspecified atom stereocenters. The highest BCUT2D eigenvalue weighted by atomic mass is 19.1. The zero-order chi connectivity index (χ0) is 12.5. The van der Waals surface area contributed by atoms with E-state index in [1.807, 2.05) is 6.07 Å². The highest BCUT2D eigenvalue weighted by Gasteiger charge is 2.43. The number of hydrogen-bond donors (Lipinski definition) is 1. The molecule has 0 spiro atoms. The molecule has 1 N–H and O–H groups in total. The second kappa shape index (κ2) is 4.41. The van der Waals surface area contributed by atoms with Crippen LogP contribution in [0.2, 0.25) is 0 Å². The summed E-state index contributed by atoms with van der Waals surface area (Å²) < 4.78 is 13.2. The fourth-order valence-corrected chi connectivity index (χ4v) is 2.21. The lowest BCUT2D eigenvalue weighted by Gasteiger charge is -2.22. The van der Waals surface area contributed by atoms with Gasteiger partial charge in [0.05, 0.1) is 0 Å². The van der Waals surface area contributed by atoms with E-state index in [0.717, 1.165) is 18.7 Å². The Labute approximate surface area is 103 Å². The van der Waals surface area contributed by atoms with Crippen molar-refractivity contribution in [2.75, 3.05) is 13.1 Å². The van der Waals surface area contributed by atoms with Crippen LogP contribution >= 0.6 is 0 Å². The van der Waals surface area contributed by atoms with Crippen LogP contribution in [0.4, 0.5) is 4.39 Å². The molecule has 2 heteroatoms. The van der Waals surface area contributed by atoms with Crippen molar-refractivity contribution in [3.05, 3.63) is 35.6 Å². The predicted molar refractivity (Wildman–Crippen MR) is 69.6 cm³/mol. The van der Waals surface area contributed by atoms with Gasteiger partial charge in [-0.25, -0.2) is 4.39 Å². The number of hydrogen-bond acceptors (Lipinski definition) is 1. The third-order valence-corrected chi connectivity index (χ3v) is 3.41. The van der Waals surface area contributed by atoms with E-state index in [2.05, 4.69) is 32.2 Å². The van der Waals surface area contributed by atoms with Crippen LogP contribution in [0.1, 0.15) is 39.2 Å². The lowest BCUT2D eigenvalue weighted by Crippen LogP contribution is -2.33. The highest BCUT2D eigenvalue weighted by Crippen LogP contribution is 2.47. The SMILES string of the molecule is CC(C)(C)CNCC1(c2cccc(F)c2)CC1. The zero-order valence-corrected chi connectivity index (χ0v) is 11.0. The van der Waals surface area contributed by atoms with Gasteiger partial charge in [0.15, 0.2) is 0 Å². The van der Waals surface area contributed by atoms with Crippen LogP contribution in [0.15, 0.2) is 24.3 Å². The fourth-order valence-electron chi connectivity index (χ4n) is 2.21. The average Bonchev–Trinajstić information content (AvgIpc) is 2.97. The second-order valence-corrected chi connectivity index (χ2v) is 6.45. The van der Waals surface area contributed by atoms with Gasteiger partial charge in [0.25, 0.3) is 0 Å². The molecule has 2 rings (SSSR count). The van der Waals surface area contributed by atoms with E-state index in [4.69, 9.17) is 0 Å². The molecule has 1 aromatic rings. The molecule has 0 aromatic heterocycles. The van der Waals surface area contributed by atoms with E-state index in [1.165, 1.54) is 18.9 Å². The molecular weight excluding hydrogens is 213 g/mol. The van der Waals surface area contributed by atoms with Crippen molar-refractivity contribution in [3.8, 4) is 0 Å². The van der Waals surface area contributed by atoms with E-state index in [9.17, 15) is 4.39 Å². The standard InChI is InChI=1S/C15H22FN/c1-14(2,3)10-17-11-15(7-8-15)12-5-4-6-13(16)9-12/h4-6,9,17H,7-8,10-11H2,1-3H3. The third-order valence-electron chi connectivity index (χ3n) is 3.41. The van der Waals surface area contributed by atoms with E-state index in [-0.39, 0.29) is 11.2 Å². The smallest absolute Gasteiger partial charge is 0.123 e. The largest absolute Gasteiger partial charge is 0.315 e. The molecule has 1 aromatic carbocycles. The van der Waals surface area contributed by atoms with Gasteiger partial charge >= 0.3 is 0 Å². The van der Waals surface area contributed by atoms with Crippen molar-refractivity contribution in [1.82, 2.24) is 5.32 Å². The first-order chi connectivity index (χ1) is 7.91. The van der Waals surface area contributed by atoms with Gasteiger partial charge in [0.1, 0.15) is 5.82 Å². The Hall–Kier alpha value is -0.890. The highest BCUT2D eigenvalue weighted by molar-refractivity contribution is 5.32. The monoisotopic (exact) mass is 235 g/mol. The van der Waals surface area contributed by atoms with Crippen molar-refractivity contribution in [2.24, 2.45) is 5.41 Å². The first kappa shape index (κ1) is 12.6. The normalized spacial score (nSPS) is 18.1. The van der Waals surface area contributed by atoms with Crippen molar-refractivity contribution in [2.45, 2.75) is 39.0 Å². The predicted octanol–water partition coefficient (Wildman–Crippen LogP) is 3.49. The second-order valence-electron chi connectivity index (χ2n) is 6.45. The summed E-state index contributed by atoms with van der Waals surface area (Å²) in [5.74, 6) is -0.121. The van der Waals surface area contributed by atoms with Crippen LogP contribution in [0.3, 0.4) is 0 Å². The lowest BCUT2D eigenvalue weighted by molar-refractivity contribution is 0.370. The topological polar surface area (TPSA) is 12.0 Å². The Kier molecular flexibility index (Phi) is 3.26. The van der Waals surface area contributed by atoms with Crippen LogP contribution in [0, 0.1) is 11.2 Å². The number of benzene rings is 1. The van der Waals surface area contributed by atoms with Crippen molar-refractivity contribution < 1.29 is 4.39 Å². The maximum Gasteiger partial charge on any atom is 0.123 e. The summed E-state index contributed by atoms with van der Waals surface area (Å²) in [6.07, 6.45) is 2.35. The molecule has 0 aliphatic heterocycles. The molecule has 1 aliphatic rings. The first-order valence-electron chi connectivity index (χ1n) is 6.38. The van der Waals surface area contributed by atoms with Gasteiger partial charge in [-0.15, -0.1) is 0 Å². The zero-order valence-electron chi connectivity index (χ0n) is 11.0.